The number of rotatable bonds is 6. The van der Waals surface area contributed by atoms with E-state index in [-0.39, 0.29) is 18.1 Å². The maximum absolute atomic E-state index is 12.1. The fourth-order valence-electron chi connectivity index (χ4n) is 2.80. The van der Waals surface area contributed by atoms with Gasteiger partial charge in [-0.3, -0.25) is 9.69 Å². The molecule has 0 unspecified atom stereocenters. The Morgan fingerprint density at radius 2 is 2.33 bits per heavy atom. The van der Waals surface area contributed by atoms with Crippen LogP contribution < -0.4 is 0 Å². The normalized spacial score (nSPS) is 21.2. The van der Waals surface area contributed by atoms with E-state index in [2.05, 4.69) is 17.9 Å². The molecule has 0 spiro atoms. The van der Waals surface area contributed by atoms with E-state index in [0.717, 1.165) is 12.1 Å². The number of carbonyl (C=O) groups excluding carboxylic acids is 1. The number of hydrogen-bond acceptors (Lipinski definition) is 4. The number of ether oxygens (including phenoxy) is 1. The first kappa shape index (κ1) is 18.7. The number of nitrogens with zero attached hydrogens (tertiary/aromatic N) is 3. The first-order valence-corrected chi connectivity index (χ1v) is 8.61. The summed E-state index contributed by atoms with van der Waals surface area (Å²) in [6.07, 6.45) is 0.799. The van der Waals surface area contributed by atoms with Crippen molar-refractivity contribution in [2.24, 2.45) is 0 Å². The zero-order chi connectivity index (χ0) is 17.5. The van der Waals surface area contributed by atoms with Crippen LogP contribution in [0.2, 0.25) is 5.02 Å². The minimum Gasteiger partial charge on any atom is -0.371 e. The lowest BCUT2D eigenvalue weighted by atomic mass is 10.1. The molecule has 0 aliphatic carbocycles. The van der Waals surface area contributed by atoms with E-state index in [1.807, 2.05) is 24.3 Å². The summed E-state index contributed by atoms with van der Waals surface area (Å²) in [6, 6.07) is 10.1. The van der Waals surface area contributed by atoms with E-state index in [4.69, 9.17) is 21.6 Å². The summed E-state index contributed by atoms with van der Waals surface area (Å²) in [5.74, 6) is 0.0725. The highest BCUT2D eigenvalue weighted by molar-refractivity contribution is 6.30. The largest absolute Gasteiger partial charge is 0.371 e. The molecule has 0 radical (unpaired) electrons. The molecular weight excluding hydrogens is 326 g/mol. The smallest absolute Gasteiger partial charge is 0.223 e. The number of amides is 1. The molecule has 2 atom stereocenters. The maximum Gasteiger partial charge on any atom is 0.223 e. The van der Waals surface area contributed by atoms with Crippen molar-refractivity contribution in [3.63, 3.8) is 0 Å². The van der Waals surface area contributed by atoms with Gasteiger partial charge in [-0.1, -0.05) is 23.7 Å². The Labute approximate surface area is 148 Å². The van der Waals surface area contributed by atoms with Gasteiger partial charge in [-0.25, -0.2) is 0 Å². The lowest BCUT2D eigenvalue weighted by Crippen LogP contribution is -2.46. The van der Waals surface area contributed by atoms with Crippen molar-refractivity contribution in [1.29, 1.82) is 5.26 Å². The second kappa shape index (κ2) is 9.03. The molecule has 6 heteroatoms. The van der Waals surface area contributed by atoms with Gasteiger partial charge in [-0.2, -0.15) is 5.26 Å². The third kappa shape index (κ3) is 5.20. The molecule has 1 fully saturated rings. The lowest BCUT2D eigenvalue weighted by molar-refractivity contribution is -0.131. The fraction of sp³-hybridized carbons (Fsp3) is 0.556. The van der Waals surface area contributed by atoms with Crippen LogP contribution in [0.4, 0.5) is 0 Å². The molecule has 130 valence electrons. The number of hydrogen-bond donors (Lipinski definition) is 0. The van der Waals surface area contributed by atoms with Gasteiger partial charge in [-0.15, -0.1) is 0 Å². The van der Waals surface area contributed by atoms with E-state index < -0.39 is 0 Å². The third-order valence-corrected chi connectivity index (χ3v) is 4.62. The molecule has 1 amide bonds. The Kier molecular flexibility index (Phi) is 7.04. The highest BCUT2D eigenvalue weighted by atomic mass is 35.5. The molecule has 24 heavy (non-hydrogen) atoms. The minimum absolute atomic E-state index is 0.0219. The van der Waals surface area contributed by atoms with Crippen LogP contribution in [0.25, 0.3) is 0 Å². The molecule has 0 N–H and O–H groups in total. The van der Waals surface area contributed by atoms with E-state index in [1.54, 1.807) is 11.9 Å². The summed E-state index contributed by atoms with van der Waals surface area (Å²) in [6.45, 7) is 4.67. The summed E-state index contributed by atoms with van der Waals surface area (Å²) in [4.78, 5) is 16.0. The minimum atomic E-state index is -0.0219. The molecule has 5 nitrogen and oxygen atoms in total. The van der Waals surface area contributed by atoms with Crippen molar-refractivity contribution in [3.8, 4) is 6.07 Å². The predicted molar refractivity (Wildman–Crippen MR) is 93.7 cm³/mol. The van der Waals surface area contributed by atoms with Crippen LogP contribution in [0.5, 0.6) is 0 Å². The Morgan fingerprint density at radius 1 is 1.54 bits per heavy atom. The monoisotopic (exact) mass is 349 g/mol. The standard InChI is InChI=1S/C18H24ClN3O2/c1-14-13-24-17(15-5-3-6-16(19)11-15)12-22(14)10-7-18(23)21(2)9-4-8-20/h3,5-6,11,14,17H,4,7,9-10,12-13H2,1-2H3/t14-,17-/m1/s1. The van der Waals surface area contributed by atoms with Crippen molar-refractivity contribution in [1.82, 2.24) is 9.80 Å². The summed E-state index contributed by atoms with van der Waals surface area (Å²) < 4.78 is 5.94. The van der Waals surface area contributed by atoms with Crippen molar-refractivity contribution in [3.05, 3.63) is 34.9 Å². The highest BCUT2D eigenvalue weighted by Gasteiger charge is 2.27. The van der Waals surface area contributed by atoms with Crippen molar-refractivity contribution in [2.75, 3.05) is 33.3 Å². The van der Waals surface area contributed by atoms with Crippen LogP contribution >= 0.6 is 11.6 Å². The zero-order valence-electron chi connectivity index (χ0n) is 14.2. The first-order valence-electron chi connectivity index (χ1n) is 8.23. The number of carbonyl (C=O) groups is 1. The van der Waals surface area contributed by atoms with E-state index >= 15 is 0 Å². The van der Waals surface area contributed by atoms with Crippen LogP contribution in [-0.2, 0) is 9.53 Å². The molecule has 1 aromatic carbocycles. The van der Waals surface area contributed by atoms with E-state index in [0.29, 0.717) is 37.6 Å². The van der Waals surface area contributed by atoms with Gasteiger partial charge >= 0.3 is 0 Å². The average Bonchev–Trinajstić information content (AvgIpc) is 2.58. The lowest BCUT2D eigenvalue weighted by Gasteiger charge is -2.38. The number of halogens is 1. The van der Waals surface area contributed by atoms with Crippen LogP contribution in [-0.4, -0.2) is 55.0 Å². The first-order chi connectivity index (χ1) is 11.5. The predicted octanol–water partition coefficient (Wildman–Crippen LogP) is 2.86. The van der Waals surface area contributed by atoms with Crippen molar-refractivity contribution < 1.29 is 9.53 Å². The Balaban J connectivity index is 1.89. The van der Waals surface area contributed by atoms with Gasteiger partial charge in [0, 0.05) is 44.2 Å². The van der Waals surface area contributed by atoms with Crippen molar-refractivity contribution in [2.45, 2.75) is 31.9 Å². The number of nitriles is 1. The van der Waals surface area contributed by atoms with Crippen LogP contribution in [0, 0.1) is 11.3 Å². The second-order valence-corrected chi connectivity index (χ2v) is 6.63. The van der Waals surface area contributed by atoms with Gasteiger partial charge < -0.3 is 9.64 Å². The summed E-state index contributed by atoms with van der Waals surface area (Å²) in [5, 5.41) is 9.31. The Hall–Kier alpha value is -1.61. The zero-order valence-corrected chi connectivity index (χ0v) is 15.0. The van der Waals surface area contributed by atoms with Crippen LogP contribution in [0.1, 0.15) is 31.4 Å². The summed E-state index contributed by atoms with van der Waals surface area (Å²) in [7, 11) is 1.75. The maximum atomic E-state index is 12.1. The van der Waals surface area contributed by atoms with E-state index in [1.165, 1.54) is 0 Å². The van der Waals surface area contributed by atoms with Crippen molar-refractivity contribution >= 4 is 17.5 Å². The van der Waals surface area contributed by atoms with Crippen LogP contribution in [0.3, 0.4) is 0 Å². The summed E-state index contributed by atoms with van der Waals surface area (Å²) >= 11 is 6.07. The highest BCUT2D eigenvalue weighted by Crippen LogP contribution is 2.26. The van der Waals surface area contributed by atoms with Crippen LogP contribution in [0.15, 0.2) is 24.3 Å². The molecular formula is C18H24ClN3O2. The number of benzene rings is 1. The van der Waals surface area contributed by atoms with Gasteiger partial charge in [0.2, 0.25) is 5.91 Å². The Bertz CT molecular complexity index is 602. The second-order valence-electron chi connectivity index (χ2n) is 6.19. The topological polar surface area (TPSA) is 56.6 Å². The van der Waals surface area contributed by atoms with Gasteiger partial charge in [0.25, 0.3) is 0 Å². The van der Waals surface area contributed by atoms with Gasteiger partial charge in [0.1, 0.15) is 0 Å². The molecule has 1 aliphatic heterocycles. The van der Waals surface area contributed by atoms with Gasteiger partial charge in [0.15, 0.2) is 0 Å². The quantitative estimate of drug-likeness (QED) is 0.792. The summed E-state index contributed by atoms with van der Waals surface area (Å²) in [5.41, 5.74) is 1.07. The van der Waals surface area contributed by atoms with E-state index in [9.17, 15) is 4.79 Å². The molecule has 0 saturated carbocycles. The third-order valence-electron chi connectivity index (χ3n) is 4.38. The molecule has 1 aromatic rings. The Morgan fingerprint density at radius 3 is 3.04 bits per heavy atom. The molecule has 0 aromatic heterocycles. The molecule has 1 aliphatic rings. The molecule has 2 rings (SSSR count). The van der Waals surface area contributed by atoms with Gasteiger partial charge in [0.05, 0.1) is 25.2 Å². The fourth-order valence-corrected chi connectivity index (χ4v) is 3.00. The SMILES string of the molecule is C[C@@H]1CO[C@@H](c2cccc(Cl)c2)CN1CCC(=O)N(C)CCC#N. The molecule has 1 saturated heterocycles. The van der Waals surface area contributed by atoms with Gasteiger partial charge in [-0.05, 0) is 24.6 Å². The average molecular weight is 350 g/mol. The number of morpholine rings is 1. The molecule has 0 bridgehead atoms. The molecule has 1 heterocycles.